The maximum absolute atomic E-state index is 16.6. The Labute approximate surface area is 366 Å². The predicted molar refractivity (Wildman–Crippen MR) is 236 cm³/mol. The Bertz CT molecular complexity index is 2360. The fourth-order valence-corrected chi connectivity index (χ4v) is 12.7. The number of benzene rings is 3. The fraction of sp³-hybridized carbons (Fsp3) is 0.489. The first-order valence-corrected chi connectivity index (χ1v) is 24.4. The molecule has 3 amide bonds. The van der Waals surface area contributed by atoms with Crippen LogP contribution < -0.4 is 19.7 Å². The van der Waals surface area contributed by atoms with Gasteiger partial charge >= 0.3 is 13.5 Å². The summed E-state index contributed by atoms with van der Waals surface area (Å²) < 4.78 is 48.1. The summed E-state index contributed by atoms with van der Waals surface area (Å²) in [6.45, 7) is 6.29. The minimum Gasteiger partial charge on any atom is -0.497 e. The highest BCUT2D eigenvalue weighted by molar-refractivity contribution is 7.57. The number of alkyl halides is 1. The summed E-state index contributed by atoms with van der Waals surface area (Å²) in [7, 11) is -2.79. The number of esters is 1. The molecule has 62 heavy (non-hydrogen) atoms. The summed E-state index contributed by atoms with van der Waals surface area (Å²) in [5.74, 6) is -2.16. The van der Waals surface area contributed by atoms with E-state index in [2.05, 4.69) is 34.4 Å². The molecule has 1 saturated carbocycles. The van der Waals surface area contributed by atoms with E-state index in [9.17, 15) is 23.7 Å². The van der Waals surface area contributed by atoms with Gasteiger partial charge in [0.2, 0.25) is 17.7 Å². The van der Waals surface area contributed by atoms with Gasteiger partial charge in [-0.1, -0.05) is 63.1 Å². The number of ether oxygens (including phenoxy) is 2. The molecule has 3 saturated heterocycles. The lowest BCUT2D eigenvalue weighted by molar-refractivity contribution is -0.148. The number of thiophene rings is 1. The van der Waals surface area contributed by atoms with Gasteiger partial charge in [0.25, 0.3) is 5.91 Å². The van der Waals surface area contributed by atoms with Crippen LogP contribution in [0.1, 0.15) is 111 Å². The third-order valence-electron chi connectivity index (χ3n) is 13.3. The van der Waals surface area contributed by atoms with Gasteiger partial charge in [0.05, 0.1) is 18.6 Å². The third kappa shape index (κ3) is 8.62. The molecule has 8 atom stereocenters. The van der Waals surface area contributed by atoms with Crippen LogP contribution in [0.25, 0.3) is 10.1 Å². The van der Waals surface area contributed by atoms with Crippen molar-refractivity contribution in [3.63, 3.8) is 0 Å². The molecule has 1 aromatic heterocycles. The molecule has 12 nitrogen and oxygen atoms in total. The number of methoxy groups -OCH3 is 1. The van der Waals surface area contributed by atoms with Crippen molar-refractivity contribution in [1.82, 2.24) is 20.2 Å². The van der Waals surface area contributed by atoms with E-state index in [4.69, 9.17) is 14.0 Å². The van der Waals surface area contributed by atoms with Crippen LogP contribution in [-0.4, -0.2) is 83.5 Å². The average Bonchev–Trinajstić information content (AvgIpc) is 3.64. The van der Waals surface area contributed by atoms with Crippen LogP contribution in [-0.2, 0) is 23.7 Å². The molecule has 8 rings (SSSR count). The number of hydrogen-bond donors (Lipinski definition) is 2. The van der Waals surface area contributed by atoms with Crippen LogP contribution in [0.4, 0.5) is 4.39 Å². The number of carbonyl (C=O) groups excluding carboxylic acids is 4. The molecule has 4 aromatic rings. The van der Waals surface area contributed by atoms with Gasteiger partial charge in [-0.05, 0) is 117 Å². The van der Waals surface area contributed by atoms with Gasteiger partial charge in [-0.25, -0.2) is 9.48 Å². The molecule has 3 unspecified atom stereocenters. The summed E-state index contributed by atoms with van der Waals surface area (Å²) in [6.07, 6.45) is 6.72. The maximum Gasteiger partial charge on any atom is 0.355 e. The zero-order valence-corrected chi connectivity index (χ0v) is 37.4. The number of nitrogens with one attached hydrogen (secondary N) is 2. The fourth-order valence-electron chi connectivity index (χ4n) is 9.85. The van der Waals surface area contributed by atoms with Crippen LogP contribution in [0.5, 0.6) is 11.5 Å². The number of para-hydroxylation sites is 1. The van der Waals surface area contributed by atoms with Crippen molar-refractivity contribution in [1.29, 1.82) is 0 Å². The number of halogens is 1. The van der Waals surface area contributed by atoms with Gasteiger partial charge in [-0.15, -0.1) is 11.3 Å². The minimum absolute atomic E-state index is 0.00697. The summed E-state index contributed by atoms with van der Waals surface area (Å²) in [5, 5.41) is 6.16. The van der Waals surface area contributed by atoms with E-state index >= 15 is 4.39 Å². The normalized spacial score (nSPS) is 25.0. The van der Waals surface area contributed by atoms with E-state index in [1.54, 1.807) is 54.5 Å². The van der Waals surface area contributed by atoms with Gasteiger partial charge in [0.15, 0.2) is 0 Å². The van der Waals surface area contributed by atoms with Crippen molar-refractivity contribution in [2.45, 2.75) is 120 Å². The summed E-state index contributed by atoms with van der Waals surface area (Å²) in [6, 6.07) is 20.0. The molecule has 4 fully saturated rings. The first-order chi connectivity index (χ1) is 29.9. The van der Waals surface area contributed by atoms with Crippen molar-refractivity contribution in [3.8, 4) is 11.5 Å². The molecule has 0 bridgehead atoms. The molecule has 15 heteroatoms. The van der Waals surface area contributed by atoms with E-state index in [0.717, 1.165) is 49.8 Å². The summed E-state index contributed by atoms with van der Waals surface area (Å²) in [4.78, 5) is 60.1. The van der Waals surface area contributed by atoms with Gasteiger partial charge in [-0.3, -0.25) is 23.7 Å². The second-order valence-corrected chi connectivity index (χ2v) is 20.5. The molecule has 3 aliphatic heterocycles. The van der Waals surface area contributed by atoms with Crippen molar-refractivity contribution < 1.29 is 42.1 Å². The molecule has 4 aliphatic rings. The lowest BCUT2D eigenvalue weighted by atomic mass is 9.85. The molecule has 1 spiro atoms. The third-order valence-corrected chi connectivity index (χ3v) is 16.6. The largest absolute Gasteiger partial charge is 0.497 e. The second kappa shape index (κ2) is 18.1. The Hall–Kier alpha value is -4.78. The Kier molecular flexibility index (Phi) is 12.8. The second-order valence-electron chi connectivity index (χ2n) is 17.3. The predicted octanol–water partition coefficient (Wildman–Crippen LogP) is 8.91. The SMILES string of the molecule is CCCOC(=O)[C@H](C)NP(=O)(Oc1ccccc1)C(F)c1ccc2sc(C(=O)NC3CCCC[C@H]4CC[C@@H](C(=O)N5C[C@H](c6cccc(OC)c6)[C@@H](C)C56CC6)N4C3=O)cc2c1. The monoisotopic (exact) mass is 886 g/mol. The Balaban J connectivity index is 0.985. The van der Waals surface area contributed by atoms with Crippen LogP contribution in [0.3, 0.4) is 0 Å². The summed E-state index contributed by atoms with van der Waals surface area (Å²) in [5.41, 5.74) is 0.971. The number of nitrogens with zero attached hydrogens (tertiary/aromatic N) is 2. The molecular weight excluding hydrogens is 831 g/mol. The number of likely N-dealkylation sites (tertiary alicyclic amines) is 1. The van der Waals surface area contributed by atoms with Gasteiger partial charge in [0.1, 0.15) is 29.6 Å². The van der Waals surface area contributed by atoms with Crippen LogP contribution in [0.2, 0.25) is 0 Å². The molecular formula is C47H56FN4O8PS. The van der Waals surface area contributed by atoms with E-state index in [-0.39, 0.29) is 53.2 Å². The van der Waals surface area contributed by atoms with Crippen LogP contribution >= 0.6 is 18.9 Å². The van der Waals surface area contributed by atoms with Gasteiger partial charge in [0, 0.05) is 28.7 Å². The van der Waals surface area contributed by atoms with E-state index in [0.29, 0.717) is 40.8 Å². The Morgan fingerprint density at radius 1 is 0.968 bits per heavy atom. The highest BCUT2D eigenvalue weighted by atomic mass is 32.1. The van der Waals surface area contributed by atoms with Gasteiger partial charge in [-0.2, -0.15) is 0 Å². The van der Waals surface area contributed by atoms with Crippen molar-refractivity contribution in [2.75, 3.05) is 20.3 Å². The standard InChI is InChI=1S/C47H56FN4O8PS/c1-5-24-59-46(56)30(3)50-61(57,60-35-14-7-6-8-15-35)42(48)32-18-21-40-33(25-32)27-41(62-40)43(53)49-38-17-10-9-13-34-19-20-39(52(34)44(38)54)45(55)51-28-37(29(2)47(51)22-23-47)31-12-11-16-36(26-31)58-4/h6-8,11-12,14-16,18,21,25-27,29-30,34,37-39,42H,5,9-10,13,17,19-20,22-24,28H2,1-4H3,(H,49,53)(H,50,57)/t29-,30+,34+,37+,38?,39+,42?,61?/m1/s1. The quantitative estimate of drug-likeness (QED) is 0.0938. The number of carbonyl (C=O) groups is 4. The van der Waals surface area contributed by atoms with Crippen molar-refractivity contribution in [2.24, 2.45) is 5.92 Å². The van der Waals surface area contributed by atoms with Crippen molar-refractivity contribution >= 4 is 52.6 Å². The Morgan fingerprint density at radius 3 is 2.47 bits per heavy atom. The lowest BCUT2D eigenvalue weighted by Gasteiger charge is -2.38. The smallest absolute Gasteiger partial charge is 0.355 e. The van der Waals surface area contributed by atoms with Crippen LogP contribution in [0.15, 0.2) is 78.9 Å². The number of amides is 3. The minimum atomic E-state index is -4.45. The van der Waals surface area contributed by atoms with Crippen LogP contribution in [0, 0.1) is 5.92 Å². The zero-order chi connectivity index (χ0) is 43.8. The first kappa shape index (κ1) is 43.9. The van der Waals surface area contributed by atoms with E-state index in [1.807, 2.05) is 19.1 Å². The van der Waals surface area contributed by atoms with E-state index in [1.165, 1.54) is 30.4 Å². The van der Waals surface area contributed by atoms with E-state index < -0.39 is 43.4 Å². The summed E-state index contributed by atoms with van der Waals surface area (Å²) >= 11 is 1.20. The number of hydrogen-bond acceptors (Lipinski definition) is 9. The zero-order valence-electron chi connectivity index (χ0n) is 35.7. The molecule has 4 heterocycles. The number of fused-ring (bicyclic) bond motifs is 2. The highest BCUT2D eigenvalue weighted by Crippen LogP contribution is 2.59. The Morgan fingerprint density at radius 2 is 1.73 bits per heavy atom. The van der Waals surface area contributed by atoms with Gasteiger partial charge < -0.3 is 29.1 Å². The van der Waals surface area contributed by atoms with Crippen molar-refractivity contribution in [3.05, 3.63) is 94.9 Å². The lowest BCUT2D eigenvalue weighted by Crippen LogP contribution is -2.57. The highest BCUT2D eigenvalue weighted by Gasteiger charge is 2.62. The first-order valence-electron chi connectivity index (χ1n) is 21.9. The average molecular weight is 887 g/mol. The molecule has 330 valence electrons. The molecule has 1 aliphatic carbocycles. The molecule has 3 aromatic carbocycles. The molecule has 0 radical (unpaired) electrons. The number of rotatable bonds is 14. The maximum atomic E-state index is 16.6. The molecule has 2 N–H and O–H groups in total. The topological polar surface area (TPSA) is 144 Å².